The van der Waals surface area contributed by atoms with Gasteiger partial charge in [-0.05, 0) is 6.42 Å². The zero-order valence-corrected chi connectivity index (χ0v) is 12.5. The molecule has 15 heavy (non-hydrogen) atoms. The van der Waals surface area contributed by atoms with Crippen molar-refractivity contribution in [1.29, 1.82) is 0 Å². The molecule has 0 aromatic carbocycles. The van der Waals surface area contributed by atoms with Crippen LogP contribution in [0.3, 0.4) is 0 Å². The van der Waals surface area contributed by atoms with Crippen molar-refractivity contribution in [2.75, 3.05) is 0 Å². The largest absolute Gasteiger partial charge is 2.00 e. The number of nitrogens with two attached hydrogens (primary N) is 2. The topological polar surface area (TPSA) is 106 Å². The van der Waals surface area contributed by atoms with Gasteiger partial charge < -0.3 is 66.2 Å². The molecular formula is C5H10Cl4N2O3Pt-2. The molecule has 98 valence electrons. The minimum absolute atomic E-state index is 0. The van der Waals surface area contributed by atoms with Crippen LogP contribution in [0.1, 0.15) is 12.8 Å². The molecule has 0 aromatic rings. The molecule has 0 rings (SSSR count). The third-order valence-electron chi connectivity index (χ3n) is 1.02. The van der Waals surface area contributed by atoms with Crippen LogP contribution in [-0.4, -0.2) is 23.0 Å². The normalized spacial score (nSPS) is 8.33. The van der Waals surface area contributed by atoms with Gasteiger partial charge in [0.25, 0.3) is 0 Å². The third kappa shape index (κ3) is 25.2. The minimum Gasteiger partial charge on any atom is -1.00 e. The maximum atomic E-state index is 10.1. The van der Waals surface area contributed by atoms with E-state index >= 15 is 0 Å². The van der Waals surface area contributed by atoms with E-state index in [0.29, 0.717) is 0 Å². The van der Waals surface area contributed by atoms with Gasteiger partial charge in [-0.15, -0.1) is 0 Å². The Morgan fingerprint density at radius 2 is 1.47 bits per heavy atom. The van der Waals surface area contributed by atoms with Crippen LogP contribution in [-0.2, 0) is 30.7 Å². The summed E-state index contributed by atoms with van der Waals surface area (Å²) in [6, 6.07) is -0.979. The van der Waals surface area contributed by atoms with Gasteiger partial charge in [0.05, 0.1) is 0 Å². The molecule has 0 aliphatic rings. The van der Waals surface area contributed by atoms with Crippen molar-refractivity contribution in [2.24, 2.45) is 11.5 Å². The number of primary amides is 1. The molecule has 0 aliphatic heterocycles. The van der Waals surface area contributed by atoms with Gasteiger partial charge in [-0.3, -0.25) is 9.59 Å². The number of carboxylic acids is 1. The summed E-state index contributed by atoms with van der Waals surface area (Å²) < 4.78 is 0. The number of carbonyl (C=O) groups excluding carboxylic acids is 1. The number of hydrogen-bond donors (Lipinski definition) is 3. The summed E-state index contributed by atoms with van der Waals surface area (Å²) in [7, 11) is 0. The van der Waals surface area contributed by atoms with Crippen molar-refractivity contribution in [2.45, 2.75) is 18.9 Å². The molecule has 0 saturated carbocycles. The number of hydrogen-bond acceptors (Lipinski definition) is 3. The summed E-state index contributed by atoms with van der Waals surface area (Å²) >= 11 is 0. The van der Waals surface area contributed by atoms with Crippen LogP contribution >= 0.6 is 0 Å². The molecule has 10 heteroatoms. The third-order valence-corrected chi connectivity index (χ3v) is 1.02. The number of rotatable bonds is 4. The maximum Gasteiger partial charge on any atom is 2.00 e. The first-order valence-electron chi connectivity index (χ1n) is 2.80. The Bertz CT molecular complexity index is 163. The summed E-state index contributed by atoms with van der Waals surface area (Å²) in [6.45, 7) is 0. The van der Waals surface area contributed by atoms with E-state index in [0.717, 1.165) is 0 Å². The molecule has 0 bridgehead atoms. The van der Waals surface area contributed by atoms with Gasteiger partial charge in [0.1, 0.15) is 6.04 Å². The number of amides is 1. The molecule has 0 aliphatic carbocycles. The first kappa shape index (κ1) is 36.0. The van der Waals surface area contributed by atoms with Crippen LogP contribution in [0.2, 0.25) is 0 Å². The number of carbonyl (C=O) groups is 2. The van der Waals surface area contributed by atoms with E-state index in [4.69, 9.17) is 16.6 Å². The number of halogens is 4. The van der Waals surface area contributed by atoms with Crippen LogP contribution in [0.25, 0.3) is 0 Å². The van der Waals surface area contributed by atoms with E-state index in [1.165, 1.54) is 0 Å². The molecular weight excluding hydrogens is 473 g/mol. The van der Waals surface area contributed by atoms with Crippen molar-refractivity contribution in [1.82, 2.24) is 0 Å². The van der Waals surface area contributed by atoms with Crippen LogP contribution in [0.15, 0.2) is 0 Å². The fraction of sp³-hybridized carbons (Fsp3) is 0.600. The number of carboxylic acid groups (broad SMARTS) is 1. The Labute approximate surface area is 127 Å². The maximum absolute atomic E-state index is 10.1. The van der Waals surface area contributed by atoms with E-state index in [1.54, 1.807) is 0 Å². The quantitative estimate of drug-likeness (QED) is 0.370. The molecule has 0 fully saturated rings. The van der Waals surface area contributed by atoms with Gasteiger partial charge in [-0.2, -0.15) is 0 Å². The minimum atomic E-state index is -1.11. The van der Waals surface area contributed by atoms with Crippen molar-refractivity contribution in [3.63, 3.8) is 0 Å². The van der Waals surface area contributed by atoms with Crippen molar-refractivity contribution in [3.05, 3.63) is 0 Å². The van der Waals surface area contributed by atoms with Crippen LogP contribution < -0.4 is 61.1 Å². The van der Waals surface area contributed by atoms with Crippen molar-refractivity contribution in [3.8, 4) is 0 Å². The first-order chi connectivity index (χ1) is 4.54. The Morgan fingerprint density at radius 1 is 1.13 bits per heavy atom. The predicted octanol–water partition coefficient (Wildman–Crippen LogP) is -13.3. The van der Waals surface area contributed by atoms with Gasteiger partial charge >= 0.3 is 27.0 Å². The van der Waals surface area contributed by atoms with E-state index in [1.807, 2.05) is 0 Å². The fourth-order valence-corrected chi connectivity index (χ4v) is 0.421. The molecule has 0 aromatic heterocycles. The smallest absolute Gasteiger partial charge is 1.00 e. The van der Waals surface area contributed by atoms with Gasteiger partial charge in [0, 0.05) is 6.42 Å². The Kier molecular flexibility index (Phi) is 48.5. The van der Waals surface area contributed by atoms with E-state index in [-0.39, 0.29) is 83.5 Å². The molecule has 1 atom stereocenters. The molecule has 0 spiro atoms. The molecule has 1 unspecified atom stereocenters. The zero-order chi connectivity index (χ0) is 8.15. The first-order valence-corrected chi connectivity index (χ1v) is 2.80. The van der Waals surface area contributed by atoms with Crippen molar-refractivity contribution >= 4 is 11.9 Å². The second-order valence-electron chi connectivity index (χ2n) is 1.95. The number of aliphatic carboxylic acids is 1. The fourth-order valence-electron chi connectivity index (χ4n) is 0.421. The SMILES string of the molecule is NC(=O)CCC(N)C(=O)O.[Cl-].[Cl-].[Cl-].[Cl-].[Pt+2]. The van der Waals surface area contributed by atoms with Crippen LogP contribution in [0.4, 0.5) is 0 Å². The van der Waals surface area contributed by atoms with Gasteiger partial charge in [0.2, 0.25) is 5.91 Å². The molecule has 0 heterocycles. The summed E-state index contributed by atoms with van der Waals surface area (Å²) in [5, 5.41) is 8.22. The van der Waals surface area contributed by atoms with Gasteiger partial charge in [-0.1, -0.05) is 0 Å². The summed E-state index contributed by atoms with van der Waals surface area (Å²) in [6.07, 6.45) is 0.123. The standard InChI is InChI=1S/C5H10N2O3.4ClH.Pt/c6-3(5(9)10)1-2-4(7)8;;;;;/h3H,1-2,6H2,(H2,7,8)(H,9,10);4*1H;/q;;;;;+2/p-4. The monoisotopic (exact) mass is 481 g/mol. The Morgan fingerprint density at radius 3 is 1.67 bits per heavy atom. The zero-order valence-electron chi connectivity index (χ0n) is 7.24. The summed E-state index contributed by atoms with van der Waals surface area (Å²) in [5.41, 5.74) is 9.81. The van der Waals surface area contributed by atoms with E-state index in [9.17, 15) is 9.59 Å². The molecule has 5 N–H and O–H groups in total. The van der Waals surface area contributed by atoms with Gasteiger partial charge in [0.15, 0.2) is 0 Å². The Balaban J connectivity index is -0.0000000405. The predicted molar refractivity (Wildman–Crippen MR) is 34.0 cm³/mol. The average molecular weight is 483 g/mol. The van der Waals surface area contributed by atoms with Crippen LogP contribution in [0, 0.1) is 0 Å². The molecule has 0 saturated heterocycles. The average Bonchev–Trinajstić information content (AvgIpc) is 1.82. The molecule has 1 amide bonds. The summed E-state index contributed by atoms with van der Waals surface area (Å²) in [4.78, 5) is 20.1. The van der Waals surface area contributed by atoms with E-state index in [2.05, 4.69) is 0 Å². The van der Waals surface area contributed by atoms with Crippen molar-refractivity contribution < 1.29 is 85.4 Å². The van der Waals surface area contributed by atoms with E-state index < -0.39 is 17.9 Å². The molecule has 5 nitrogen and oxygen atoms in total. The molecule has 0 radical (unpaired) electrons. The summed E-state index contributed by atoms with van der Waals surface area (Å²) in [5.74, 6) is -1.64. The second kappa shape index (κ2) is 20.2. The van der Waals surface area contributed by atoms with Gasteiger partial charge in [-0.25, -0.2) is 0 Å². The second-order valence-corrected chi connectivity index (χ2v) is 1.95. The van der Waals surface area contributed by atoms with Crippen LogP contribution in [0.5, 0.6) is 0 Å². The Hall–Kier alpha value is 0.748.